The monoisotopic (exact) mass is 406 g/mol. The lowest BCUT2D eigenvalue weighted by atomic mass is 10.1. The van der Waals surface area contributed by atoms with Gasteiger partial charge in [0, 0.05) is 29.9 Å². The first-order valence-electron chi connectivity index (χ1n) is 9.91. The average molecular weight is 406 g/mol. The molecule has 1 aromatic heterocycles. The second-order valence-corrected chi connectivity index (χ2v) is 7.17. The van der Waals surface area contributed by atoms with Gasteiger partial charge in [-0.3, -0.25) is 9.59 Å². The Labute approximate surface area is 172 Å². The maximum atomic E-state index is 12.4. The molecule has 2 aromatic carbocycles. The summed E-state index contributed by atoms with van der Waals surface area (Å²) >= 11 is 0. The average Bonchev–Trinajstić information content (AvgIpc) is 2.79. The molecular weight excluding hydrogens is 384 g/mol. The molecule has 1 saturated heterocycles. The van der Waals surface area contributed by atoms with Gasteiger partial charge >= 0.3 is 5.97 Å². The van der Waals surface area contributed by atoms with Crippen LogP contribution in [0.5, 0.6) is 0 Å². The predicted octanol–water partition coefficient (Wildman–Crippen LogP) is 2.71. The van der Waals surface area contributed by atoms with Gasteiger partial charge in [0.05, 0.1) is 5.39 Å². The number of rotatable bonds is 5. The van der Waals surface area contributed by atoms with Crippen molar-refractivity contribution in [3.05, 3.63) is 64.6 Å². The van der Waals surface area contributed by atoms with E-state index in [0.29, 0.717) is 16.5 Å². The number of carbonyl (C=O) groups excluding carboxylic acids is 2. The third-order valence-electron chi connectivity index (χ3n) is 5.10. The molecule has 1 amide bonds. The van der Waals surface area contributed by atoms with E-state index in [0.717, 1.165) is 18.8 Å². The first kappa shape index (κ1) is 19.6. The summed E-state index contributed by atoms with van der Waals surface area (Å²) in [6.07, 6.45) is 3.67. The molecule has 2 N–H and O–H groups in total. The number of esters is 1. The number of H-pyrrole nitrogens is 1. The molecule has 2 heterocycles. The Hall–Kier alpha value is -3.68. The summed E-state index contributed by atoms with van der Waals surface area (Å²) < 4.78 is 5.09. The van der Waals surface area contributed by atoms with Crippen LogP contribution >= 0.6 is 0 Å². The van der Waals surface area contributed by atoms with Crippen molar-refractivity contribution in [1.82, 2.24) is 10.2 Å². The van der Waals surface area contributed by atoms with Crippen molar-refractivity contribution in [2.24, 2.45) is 0 Å². The molecule has 30 heavy (non-hydrogen) atoms. The lowest BCUT2D eigenvalue weighted by Crippen LogP contribution is -2.29. The van der Waals surface area contributed by atoms with Crippen LogP contribution in [0.3, 0.4) is 0 Å². The highest BCUT2D eigenvalue weighted by Crippen LogP contribution is 2.21. The number of nitrogens with one attached hydrogen (secondary N) is 2. The van der Waals surface area contributed by atoms with Crippen LogP contribution in [0.4, 0.5) is 11.4 Å². The van der Waals surface area contributed by atoms with Crippen molar-refractivity contribution in [3.63, 3.8) is 0 Å². The maximum Gasteiger partial charge on any atom is 0.359 e. The number of aromatic nitrogens is 2. The SMILES string of the molecule is O=C(COC(=O)c1n[nH]c(=O)c2ccccc12)Nc1ccc(N2CCCCC2)cc1. The Balaban J connectivity index is 1.35. The van der Waals surface area contributed by atoms with Gasteiger partial charge in [-0.05, 0) is 49.6 Å². The Morgan fingerprint density at radius 1 is 1.00 bits per heavy atom. The highest BCUT2D eigenvalue weighted by atomic mass is 16.5. The number of piperidine rings is 1. The number of carbonyl (C=O) groups is 2. The molecular formula is C22H22N4O4. The van der Waals surface area contributed by atoms with E-state index in [9.17, 15) is 14.4 Å². The summed E-state index contributed by atoms with van der Waals surface area (Å²) in [6, 6.07) is 14.2. The molecule has 0 aliphatic carbocycles. The Bertz CT molecular complexity index is 1120. The molecule has 0 bridgehead atoms. The van der Waals surface area contributed by atoms with Crippen LogP contribution in [0.2, 0.25) is 0 Å². The normalized spacial score (nSPS) is 13.8. The van der Waals surface area contributed by atoms with Gasteiger partial charge < -0.3 is 15.0 Å². The highest BCUT2D eigenvalue weighted by molar-refractivity contribution is 6.03. The van der Waals surface area contributed by atoms with Crippen molar-refractivity contribution in [3.8, 4) is 0 Å². The molecule has 8 nitrogen and oxygen atoms in total. The minimum atomic E-state index is -0.780. The summed E-state index contributed by atoms with van der Waals surface area (Å²) in [6.45, 7) is 1.64. The zero-order valence-electron chi connectivity index (χ0n) is 16.4. The molecule has 4 rings (SSSR count). The number of aromatic amines is 1. The minimum Gasteiger partial charge on any atom is -0.451 e. The van der Waals surface area contributed by atoms with Crippen LogP contribution in [0.15, 0.2) is 53.3 Å². The van der Waals surface area contributed by atoms with Crippen molar-refractivity contribution in [1.29, 1.82) is 0 Å². The molecule has 0 spiro atoms. The fourth-order valence-electron chi connectivity index (χ4n) is 3.57. The quantitative estimate of drug-likeness (QED) is 0.632. The minimum absolute atomic E-state index is 0.0381. The van der Waals surface area contributed by atoms with Crippen molar-refractivity contribution >= 4 is 34.0 Å². The Morgan fingerprint density at radius 3 is 2.43 bits per heavy atom. The highest BCUT2D eigenvalue weighted by Gasteiger charge is 2.17. The third-order valence-corrected chi connectivity index (χ3v) is 5.10. The van der Waals surface area contributed by atoms with Crippen molar-refractivity contribution in [2.75, 3.05) is 29.9 Å². The molecule has 1 aliphatic heterocycles. The van der Waals surface area contributed by atoms with Gasteiger partial charge in [-0.15, -0.1) is 0 Å². The molecule has 1 aliphatic rings. The second kappa shape index (κ2) is 8.77. The molecule has 0 radical (unpaired) electrons. The fraction of sp³-hybridized carbons (Fsp3) is 0.273. The van der Waals surface area contributed by atoms with Crippen molar-refractivity contribution < 1.29 is 14.3 Å². The molecule has 0 unspecified atom stereocenters. The number of benzene rings is 2. The molecule has 0 saturated carbocycles. The molecule has 8 heteroatoms. The number of amides is 1. The smallest absolute Gasteiger partial charge is 0.359 e. The van der Waals surface area contributed by atoms with Gasteiger partial charge in [-0.2, -0.15) is 5.10 Å². The summed E-state index contributed by atoms with van der Waals surface area (Å²) in [5.74, 6) is -1.24. The third kappa shape index (κ3) is 4.32. The van der Waals surface area contributed by atoms with Crippen LogP contribution < -0.4 is 15.8 Å². The van der Waals surface area contributed by atoms with Crippen LogP contribution in [0, 0.1) is 0 Å². The van der Waals surface area contributed by atoms with E-state index in [1.54, 1.807) is 24.3 Å². The van der Waals surface area contributed by atoms with E-state index in [2.05, 4.69) is 20.4 Å². The van der Waals surface area contributed by atoms with Gasteiger partial charge in [-0.1, -0.05) is 18.2 Å². The van der Waals surface area contributed by atoms with Gasteiger partial charge in [0.15, 0.2) is 12.3 Å². The Morgan fingerprint density at radius 2 is 1.70 bits per heavy atom. The number of hydrogen-bond acceptors (Lipinski definition) is 6. The summed E-state index contributed by atoms with van der Waals surface area (Å²) in [5, 5.41) is 9.46. The molecule has 3 aromatic rings. The first-order valence-corrected chi connectivity index (χ1v) is 9.91. The van der Waals surface area contributed by atoms with E-state index in [4.69, 9.17) is 4.74 Å². The zero-order chi connectivity index (χ0) is 20.9. The zero-order valence-corrected chi connectivity index (χ0v) is 16.4. The van der Waals surface area contributed by atoms with Gasteiger partial charge in [0.2, 0.25) is 0 Å². The van der Waals surface area contributed by atoms with E-state index >= 15 is 0 Å². The van der Waals surface area contributed by atoms with E-state index in [-0.39, 0.29) is 5.69 Å². The van der Waals surface area contributed by atoms with Gasteiger partial charge in [0.1, 0.15) is 0 Å². The second-order valence-electron chi connectivity index (χ2n) is 7.17. The van der Waals surface area contributed by atoms with E-state index in [1.165, 1.54) is 19.3 Å². The van der Waals surface area contributed by atoms with Gasteiger partial charge in [0.25, 0.3) is 11.5 Å². The largest absolute Gasteiger partial charge is 0.451 e. The summed E-state index contributed by atoms with van der Waals surface area (Å²) in [4.78, 5) is 38.7. The lowest BCUT2D eigenvalue weighted by Gasteiger charge is -2.28. The van der Waals surface area contributed by atoms with E-state index in [1.807, 2.05) is 24.3 Å². The number of nitrogens with zero attached hydrogens (tertiary/aromatic N) is 2. The predicted molar refractivity (Wildman–Crippen MR) is 114 cm³/mol. The fourth-order valence-corrected chi connectivity index (χ4v) is 3.57. The number of anilines is 2. The standard InChI is InChI=1S/C22H22N4O4/c27-19(23-15-8-10-16(11-9-15)26-12-4-1-5-13-26)14-30-22(29)20-17-6-2-3-7-18(17)21(28)25-24-20/h2-3,6-11H,1,4-5,12-14H2,(H,23,27)(H,25,28). The molecule has 1 fully saturated rings. The topological polar surface area (TPSA) is 104 Å². The van der Waals surface area contributed by atoms with E-state index < -0.39 is 24.0 Å². The van der Waals surface area contributed by atoms with Crippen LogP contribution in [0.1, 0.15) is 29.8 Å². The summed E-state index contributed by atoms with van der Waals surface area (Å²) in [5.41, 5.74) is 1.33. The lowest BCUT2D eigenvalue weighted by molar-refractivity contribution is -0.119. The summed E-state index contributed by atoms with van der Waals surface area (Å²) in [7, 11) is 0. The van der Waals surface area contributed by atoms with Crippen molar-refractivity contribution in [2.45, 2.75) is 19.3 Å². The van der Waals surface area contributed by atoms with Crippen LogP contribution in [-0.2, 0) is 9.53 Å². The maximum absolute atomic E-state index is 12.4. The van der Waals surface area contributed by atoms with Crippen LogP contribution in [-0.4, -0.2) is 41.8 Å². The number of ether oxygens (including phenoxy) is 1. The van der Waals surface area contributed by atoms with Crippen LogP contribution in [0.25, 0.3) is 10.8 Å². The number of hydrogen-bond donors (Lipinski definition) is 2. The Kier molecular flexibility index (Phi) is 5.74. The molecule has 154 valence electrons. The molecule has 0 atom stereocenters. The number of fused-ring (bicyclic) bond motifs is 1. The first-order chi connectivity index (χ1) is 14.6. The van der Waals surface area contributed by atoms with Gasteiger partial charge in [-0.25, -0.2) is 9.89 Å².